The van der Waals surface area contributed by atoms with E-state index in [1.165, 1.54) is 12.8 Å². The van der Waals surface area contributed by atoms with Crippen molar-refractivity contribution in [2.45, 2.75) is 46.0 Å². The maximum atomic E-state index is 11.3. The van der Waals surface area contributed by atoms with E-state index in [1.807, 2.05) is 6.92 Å². The van der Waals surface area contributed by atoms with Crippen LogP contribution in [0.3, 0.4) is 0 Å². The zero-order valence-electron chi connectivity index (χ0n) is 9.47. The first-order valence-electron chi connectivity index (χ1n) is 5.59. The monoisotopic (exact) mass is 206 g/mol. The summed E-state index contributed by atoms with van der Waals surface area (Å²) in [5, 5.41) is 11.7. The predicted molar refractivity (Wildman–Crippen MR) is 58.7 cm³/mol. The van der Waals surface area contributed by atoms with E-state index in [9.17, 15) is 4.79 Å². The Morgan fingerprint density at radius 3 is 2.87 bits per heavy atom. The van der Waals surface area contributed by atoms with Gasteiger partial charge in [-0.1, -0.05) is 26.2 Å². The van der Waals surface area contributed by atoms with Gasteiger partial charge in [0.2, 0.25) is 5.91 Å². The maximum absolute atomic E-state index is 11.3. The number of nitrogens with one attached hydrogen (secondary N) is 1. The molecule has 3 nitrogen and oxygen atoms in total. The molecule has 0 spiro atoms. The molecule has 1 aliphatic heterocycles. The van der Waals surface area contributed by atoms with Crippen molar-refractivity contribution < 1.29 is 4.79 Å². The molecule has 0 aromatic rings. The van der Waals surface area contributed by atoms with Crippen LogP contribution in [0.15, 0.2) is 11.3 Å². The molecule has 1 unspecified atom stereocenters. The first kappa shape index (κ1) is 11.8. The third kappa shape index (κ3) is 3.09. The Bertz CT molecular complexity index is 312. The largest absolute Gasteiger partial charge is 0.329 e. The second kappa shape index (κ2) is 5.55. The molecular weight excluding hydrogens is 188 g/mol. The second-order valence-corrected chi connectivity index (χ2v) is 4.10. The summed E-state index contributed by atoms with van der Waals surface area (Å²) in [5.74, 6) is 0.197. The van der Waals surface area contributed by atoms with Crippen molar-refractivity contribution >= 4 is 5.91 Å². The highest BCUT2D eigenvalue weighted by molar-refractivity contribution is 5.80. The summed E-state index contributed by atoms with van der Waals surface area (Å²) >= 11 is 0. The molecule has 0 aromatic carbocycles. The number of nitriles is 1. The summed E-state index contributed by atoms with van der Waals surface area (Å²) in [6, 6.07) is 2.22. The van der Waals surface area contributed by atoms with Gasteiger partial charge in [0.1, 0.15) is 0 Å². The molecule has 0 saturated heterocycles. The zero-order valence-corrected chi connectivity index (χ0v) is 9.47. The van der Waals surface area contributed by atoms with E-state index in [2.05, 4.69) is 18.3 Å². The summed E-state index contributed by atoms with van der Waals surface area (Å²) in [6.07, 6.45) is 4.89. The zero-order chi connectivity index (χ0) is 11.3. The fourth-order valence-corrected chi connectivity index (χ4v) is 2.02. The Morgan fingerprint density at radius 1 is 1.53 bits per heavy atom. The van der Waals surface area contributed by atoms with Crippen LogP contribution in [-0.4, -0.2) is 5.91 Å². The van der Waals surface area contributed by atoms with E-state index < -0.39 is 0 Å². The highest BCUT2D eigenvalue weighted by Crippen LogP contribution is 2.27. The molecule has 0 saturated carbocycles. The van der Waals surface area contributed by atoms with E-state index in [-0.39, 0.29) is 11.8 Å². The first-order valence-corrected chi connectivity index (χ1v) is 5.59. The minimum atomic E-state index is 0.0491. The standard InChI is InChI=1S/C12H18N2O/c1-3-4-5-6-10-7-12(15)14-9(2)11(10)8-13/h10H,3-7H2,1-2H3,(H,14,15). The van der Waals surface area contributed by atoms with Gasteiger partial charge in [0.15, 0.2) is 0 Å². The molecule has 1 heterocycles. The van der Waals surface area contributed by atoms with Crippen molar-refractivity contribution in [3.05, 3.63) is 11.3 Å². The van der Waals surface area contributed by atoms with Crippen molar-refractivity contribution in [2.24, 2.45) is 5.92 Å². The van der Waals surface area contributed by atoms with Crippen LogP contribution in [0.1, 0.15) is 46.0 Å². The quantitative estimate of drug-likeness (QED) is 0.718. The van der Waals surface area contributed by atoms with Gasteiger partial charge in [-0.25, -0.2) is 0 Å². The summed E-state index contributed by atoms with van der Waals surface area (Å²) < 4.78 is 0. The number of hydrogen-bond acceptors (Lipinski definition) is 2. The van der Waals surface area contributed by atoms with Gasteiger partial charge in [0.05, 0.1) is 11.6 Å². The average molecular weight is 206 g/mol. The van der Waals surface area contributed by atoms with Gasteiger partial charge >= 0.3 is 0 Å². The van der Waals surface area contributed by atoms with Crippen molar-refractivity contribution in [3.8, 4) is 6.07 Å². The molecule has 0 radical (unpaired) electrons. The number of rotatable bonds is 4. The molecule has 1 amide bonds. The van der Waals surface area contributed by atoms with Crippen LogP contribution in [0, 0.1) is 17.2 Å². The molecule has 3 heteroatoms. The Labute approximate surface area is 91.2 Å². The fourth-order valence-electron chi connectivity index (χ4n) is 2.02. The SMILES string of the molecule is CCCCCC1CC(=O)NC(C)=C1C#N. The molecule has 15 heavy (non-hydrogen) atoms. The fraction of sp³-hybridized carbons (Fsp3) is 0.667. The Morgan fingerprint density at radius 2 is 2.27 bits per heavy atom. The van der Waals surface area contributed by atoms with Crippen LogP contribution < -0.4 is 5.32 Å². The van der Waals surface area contributed by atoms with Gasteiger partial charge in [0.25, 0.3) is 0 Å². The van der Waals surface area contributed by atoms with Crippen molar-refractivity contribution in [3.63, 3.8) is 0 Å². The van der Waals surface area contributed by atoms with Gasteiger partial charge in [0, 0.05) is 18.0 Å². The van der Waals surface area contributed by atoms with Crippen LogP contribution in [0.2, 0.25) is 0 Å². The van der Waals surface area contributed by atoms with Crippen molar-refractivity contribution in [1.82, 2.24) is 5.32 Å². The summed E-state index contributed by atoms with van der Waals surface area (Å²) in [5.41, 5.74) is 1.51. The molecule has 1 atom stereocenters. The molecular formula is C12H18N2O. The van der Waals surface area contributed by atoms with E-state index >= 15 is 0 Å². The summed E-state index contributed by atoms with van der Waals surface area (Å²) in [6.45, 7) is 3.96. The number of carbonyl (C=O) groups is 1. The first-order chi connectivity index (χ1) is 7.19. The van der Waals surface area contributed by atoms with Gasteiger partial charge in [-0.05, 0) is 13.3 Å². The normalized spacial score (nSPS) is 21.1. The number of allylic oxidation sites excluding steroid dienone is 2. The minimum absolute atomic E-state index is 0.0491. The van der Waals surface area contributed by atoms with Gasteiger partial charge in [-0.15, -0.1) is 0 Å². The van der Waals surface area contributed by atoms with Gasteiger partial charge in [-0.3, -0.25) is 4.79 Å². The van der Waals surface area contributed by atoms with Crippen LogP contribution >= 0.6 is 0 Å². The van der Waals surface area contributed by atoms with Crippen molar-refractivity contribution in [2.75, 3.05) is 0 Å². The summed E-state index contributed by atoms with van der Waals surface area (Å²) in [7, 11) is 0. The highest BCUT2D eigenvalue weighted by atomic mass is 16.1. The topological polar surface area (TPSA) is 52.9 Å². The van der Waals surface area contributed by atoms with Gasteiger partial charge < -0.3 is 5.32 Å². The molecule has 1 rings (SSSR count). The molecule has 1 N–H and O–H groups in total. The lowest BCUT2D eigenvalue weighted by Crippen LogP contribution is -2.31. The number of amides is 1. The number of carbonyl (C=O) groups excluding carboxylic acids is 1. The lowest BCUT2D eigenvalue weighted by atomic mass is 9.87. The lowest BCUT2D eigenvalue weighted by molar-refractivity contribution is -0.121. The van der Waals surface area contributed by atoms with Gasteiger partial charge in [-0.2, -0.15) is 5.26 Å². The smallest absolute Gasteiger partial charge is 0.224 e. The number of hydrogen-bond donors (Lipinski definition) is 1. The van der Waals surface area contributed by atoms with E-state index in [0.29, 0.717) is 6.42 Å². The highest BCUT2D eigenvalue weighted by Gasteiger charge is 2.25. The van der Waals surface area contributed by atoms with Crippen LogP contribution in [0.4, 0.5) is 0 Å². The number of unbranched alkanes of at least 4 members (excludes halogenated alkanes) is 2. The maximum Gasteiger partial charge on any atom is 0.224 e. The van der Waals surface area contributed by atoms with Crippen LogP contribution in [-0.2, 0) is 4.79 Å². The van der Waals surface area contributed by atoms with E-state index in [4.69, 9.17) is 5.26 Å². The molecule has 0 aliphatic carbocycles. The van der Waals surface area contributed by atoms with Crippen LogP contribution in [0.5, 0.6) is 0 Å². The third-order valence-electron chi connectivity index (χ3n) is 2.85. The second-order valence-electron chi connectivity index (χ2n) is 4.10. The van der Waals surface area contributed by atoms with E-state index in [0.717, 1.165) is 24.1 Å². The third-order valence-corrected chi connectivity index (χ3v) is 2.85. The molecule has 0 bridgehead atoms. The minimum Gasteiger partial charge on any atom is -0.329 e. The Balaban J connectivity index is 2.65. The molecule has 0 fully saturated rings. The Kier molecular flexibility index (Phi) is 4.36. The summed E-state index contributed by atoms with van der Waals surface area (Å²) in [4.78, 5) is 11.3. The lowest BCUT2D eigenvalue weighted by Gasteiger charge is -2.23. The van der Waals surface area contributed by atoms with Crippen molar-refractivity contribution in [1.29, 1.82) is 5.26 Å². The molecule has 82 valence electrons. The number of nitrogens with zero attached hydrogens (tertiary/aromatic N) is 1. The van der Waals surface area contributed by atoms with E-state index in [1.54, 1.807) is 0 Å². The van der Waals surface area contributed by atoms with Crippen LogP contribution in [0.25, 0.3) is 0 Å². The molecule has 1 aliphatic rings. The average Bonchev–Trinajstić information content (AvgIpc) is 2.17. The molecule has 0 aromatic heterocycles. The predicted octanol–water partition coefficient (Wildman–Crippen LogP) is 2.50. The Hall–Kier alpha value is -1.30.